The molecule has 58 heavy (non-hydrogen) atoms. The minimum Gasteiger partial charge on any atom is -0.456 e. The quantitative estimate of drug-likeness (QED) is 0.177. The van der Waals surface area contributed by atoms with Gasteiger partial charge in [0, 0.05) is 64.6 Å². The summed E-state index contributed by atoms with van der Waals surface area (Å²) in [6, 6.07) is 61.8. The van der Waals surface area contributed by atoms with E-state index in [0.29, 0.717) is 0 Å². The van der Waals surface area contributed by atoms with Crippen molar-refractivity contribution < 1.29 is 8.83 Å². The molecule has 15 aromatic rings. The van der Waals surface area contributed by atoms with Crippen molar-refractivity contribution in [2.24, 2.45) is 0 Å². The van der Waals surface area contributed by atoms with Crippen molar-refractivity contribution in [3.05, 3.63) is 170 Å². The standard InChI is InChI=1S/C54H28N2O2/c1-5-17-39-33(11-1)49-51-37-27-29(31-15-9-21-45-47(31)35-13-3-7-19-43(35)57-45)24-26-42(37)56-40-18-6-2-12-34(40)50(54(51)56)52-38-28-30(23-25-41(38)55(39)53(49)52)32-16-10-22-46-48(32)36-14-4-8-20-44(36)58-46/h1-28H. The summed E-state index contributed by atoms with van der Waals surface area (Å²) in [5, 5.41) is 14.9. The molecule has 0 bridgehead atoms. The number of hydrogen-bond acceptors (Lipinski definition) is 2. The van der Waals surface area contributed by atoms with Crippen LogP contribution in [0.25, 0.3) is 142 Å². The summed E-state index contributed by atoms with van der Waals surface area (Å²) in [5.74, 6) is 0. The van der Waals surface area contributed by atoms with Crippen LogP contribution in [0.3, 0.4) is 0 Å². The third-order valence-corrected chi connectivity index (χ3v) is 13.2. The number of benzene rings is 9. The molecular weight excluding hydrogens is 709 g/mol. The lowest BCUT2D eigenvalue weighted by Gasteiger charge is -2.07. The smallest absolute Gasteiger partial charge is 0.136 e. The van der Waals surface area contributed by atoms with Gasteiger partial charge in [0.25, 0.3) is 0 Å². The fraction of sp³-hybridized carbons (Fsp3) is 0. The van der Waals surface area contributed by atoms with Gasteiger partial charge in [0.1, 0.15) is 22.3 Å². The summed E-state index contributed by atoms with van der Waals surface area (Å²) < 4.78 is 17.8. The molecule has 0 spiro atoms. The zero-order valence-corrected chi connectivity index (χ0v) is 30.9. The fourth-order valence-electron chi connectivity index (χ4n) is 10.9. The summed E-state index contributed by atoms with van der Waals surface area (Å²) in [6.07, 6.45) is 0. The molecule has 15 rings (SSSR count). The van der Waals surface area contributed by atoms with E-state index >= 15 is 0 Å². The average molecular weight is 737 g/mol. The zero-order valence-electron chi connectivity index (χ0n) is 30.9. The van der Waals surface area contributed by atoms with E-state index in [9.17, 15) is 0 Å². The maximum atomic E-state index is 6.36. The molecule has 0 amide bonds. The first-order chi connectivity index (χ1) is 28.8. The molecule has 4 nitrogen and oxygen atoms in total. The number of fused-ring (bicyclic) bond motifs is 20. The van der Waals surface area contributed by atoms with Gasteiger partial charge in [-0.15, -0.1) is 0 Å². The molecule has 0 N–H and O–H groups in total. The van der Waals surface area contributed by atoms with Crippen molar-refractivity contribution >= 4 is 120 Å². The van der Waals surface area contributed by atoms with Gasteiger partial charge in [0.05, 0.1) is 33.1 Å². The predicted octanol–water partition coefficient (Wildman–Crippen LogP) is 15.1. The Kier molecular flexibility index (Phi) is 5.14. The fourth-order valence-corrected chi connectivity index (χ4v) is 10.9. The van der Waals surface area contributed by atoms with Gasteiger partial charge in [-0.05, 0) is 82.9 Å². The van der Waals surface area contributed by atoms with Gasteiger partial charge in [-0.25, -0.2) is 0 Å². The SMILES string of the molecule is c1ccc2c(c1)oc1cccc(-c3ccc4c(c3)c3c5c6ccccc6n6c7ccc(-c8cccc9oc%10ccccc%10c89)cc7c(c7c8ccccc8n4c73)c56)c12. The summed E-state index contributed by atoms with van der Waals surface area (Å²) in [4.78, 5) is 0. The Balaban J connectivity index is 1.13. The number of furan rings is 2. The zero-order chi connectivity index (χ0) is 37.4. The molecule has 0 unspecified atom stereocenters. The molecule has 6 heterocycles. The second kappa shape index (κ2) is 10.1. The Morgan fingerprint density at radius 1 is 0.276 bits per heavy atom. The molecule has 6 aromatic heterocycles. The van der Waals surface area contributed by atoms with E-state index < -0.39 is 0 Å². The Morgan fingerprint density at radius 2 is 0.655 bits per heavy atom. The van der Waals surface area contributed by atoms with E-state index in [1.54, 1.807) is 0 Å². The van der Waals surface area contributed by atoms with Gasteiger partial charge in [0.15, 0.2) is 0 Å². The van der Waals surface area contributed by atoms with Crippen LogP contribution in [0.4, 0.5) is 0 Å². The lowest BCUT2D eigenvalue weighted by molar-refractivity contribution is 0.668. The Labute approximate surface area is 328 Å². The van der Waals surface area contributed by atoms with Crippen LogP contribution in [0.2, 0.25) is 0 Å². The maximum Gasteiger partial charge on any atom is 0.136 e. The van der Waals surface area contributed by atoms with Crippen LogP contribution in [0, 0.1) is 0 Å². The number of para-hydroxylation sites is 4. The topological polar surface area (TPSA) is 35.1 Å². The predicted molar refractivity (Wildman–Crippen MR) is 241 cm³/mol. The molecule has 0 saturated carbocycles. The van der Waals surface area contributed by atoms with Gasteiger partial charge < -0.3 is 17.6 Å². The highest BCUT2D eigenvalue weighted by Gasteiger charge is 2.29. The third kappa shape index (κ3) is 3.38. The van der Waals surface area contributed by atoms with Crippen LogP contribution < -0.4 is 0 Å². The first-order valence-corrected chi connectivity index (χ1v) is 19.9. The van der Waals surface area contributed by atoms with Crippen LogP contribution in [0.5, 0.6) is 0 Å². The minimum absolute atomic E-state index is 0.911. The van der Waals surface area contributed by atoms with Crippen LogP contribution >= 0.6 is 0 Å². The van der Waals surface area contributed by atoms with Gasteiger partial charge in [-0.2, -0.15) is 0 Å². The summed E-state index contributed by atoms with van der Waals surface area (Å²) in [5.41, 5.74) is 15.8. The number of nitrogens with zero attached hydrogens (tertiary/aromatic N) is 2. The lowest BCUT2D eigenvalue weighted by Crippen LogP contribution is -1.83. The van der Waals surface area contributed by atoms with E-state index in [2.05, 4.69) is 167 Å². The molecule has 0 saturated heterocycles. The first kappa shape index (κ1) is 29.5. The van der Waals surface area contributed by atoms with Crippen molar-refractivity contribution in [3.8, 4) is 22.3 Å². The largest absolute Gasteiger partial charge is 0.456 e. The maximum absolute atomic E-state index is 6.36. The highest BCUT2D eigenvalue weighted by molar-refractivity contribution is 6.45. The lowest BCUT2D eigenvalue weighted by atomic mass is 9.94. The second-order valence-electron chi connectivity index (χ2n) is 15.9. The Morgan fingerprint density at radius 3 is 1.14 bits per heavy atom. The van der Waals surface area contributed by atoms with E-state index in [4.69, 9.17) is 8.83 Å². The second-order valence-corrected chi connectivity index (χ2v) is 15.9. The number of aromatic nitrogens is 2. The first-order valence-electron chi connectivity index (χ1n) is 19.9. The minimum atomic E-state index is 0.911. The number of rotatable bonds is 2. The van der Waals surface area contributed by atoms with Gasteiger partial charge >= 0.3 is 0 Å². The molecule has 0 radical (unpaired) electrons. The Hall–Kier alpha value is -7.82. The molecule has 0 aliphatic carbocycles. The third-order valence-electron chi connectivity index (χ3n) is 13.2. The van der Waals surface area contributed by atoms with Crippen molar-refractivity contribution in [2.75, 3.05) is 0 Å². The van der Waals surface area contributed by atoms with Gasteiger partial charge in [0.2, 0.25) is 0 Å². The van der Waals surface area contributed by atoms with Crippen molar-refractivity contribution in [1.82, 2.24) is 8.80 Å². The molecule has 0 fully saturated rings. The molecule has 0 aliphatic heterocycles. The average Bonchev–Trinajstić information content (AvgIpc) is 4.12. The van der Waals surface area contributed by atoms with Crippen LogP contribution in [-0.4, -0.2) is 8.80 Å². The Bertz CT molecular complexity index is 3990. The summed E-state index contributed by atoms with van der Waals surface area (Å²) in [6.45, 7) is 0. The summed E-state index contributed by atoms with van der Waals surface area (Å²) >= 11 is 0. The molecule has 9 aromatic carbocycles. The summed E-state index contributed by atoms with van der Waals surface area (Å²) in [7, 11) is 0. The van der Waals surface area contributed by atoms with Crippen LogP contribution in [-0.2, 0) is 0 Å². The molecule has 0 aliphatic rings. The van der Waals surface area contributed by atoms with Gasteiger partial charge in [-0.3, -0.25) is 0 Å². The van der Waals surface area contributed by atoms with Gasteiger partial charge in [-0.1, -0.05) is 109 Å². The highest BCUT2D eigenvalue weighted by Crippen LogP contribution is 2.53. The van der Waals surface area contributed by atoms with Crippen molar-refractivity contribution in [3.63, 3.8) is 0 Å². The normalized spacial score (nSPS) is 12.8. The molecular formula is C54H28N2O2. The number of hydrogen-bond donors (Lipinski definition) is 0. The highest BCUT2D eigenvalue weighted by atomic mass is 16.3. The van der Waals surface area contributed by atoms with Crippen molar-refractivity contribution in [1.29, 1.82) is 0 Å². The van der Waals surface area contributed by atoms with E-state index in [-0.39, 0.29) is 0 Å². The molecule has 266 valence electrons. The van der Waals surface area contributed by atoms with Crippen molar-refractivity contribution in [2.45, 2.75) is 0 Å². The monoisotopic (exact) mass is 736 g/mol. The van der Waals surface area contributed by atoms with E-state index in [0.717, 1.165) is 43.9 Å². The van der Waals surface area contributed by atoms with E-state index in [1.807, 2.05) is 12.1 Å². The van der Waals surface area contributed by atoms with Crippen LogP contribution in [0.15, 0.2) is 179 Å². The molecule has 0 atom stereocenters. The van der Waals surface area contributed by atoms with E-state index in [1.165, 1.54) is 98.4 Å². The van der Waals surface area contributed by atoms with Crippen LogP contribution in [0.1, 0.15) is 0 Å². The molecule has 4 heteroatoms.